The number of anilines is 1. The number of nitrogen functional groups attached to an aromatic ring is 1. The van der Waals surface area contributed by atoms with E-state index in [1.165, 1.54) is 31.7 Å². The number of aryl methyl sites for hydroxylation is 1. The number of ether oxygens (including phenoxy) is 2. The van der Waals surface area contributed by atoms with Crippen LogP contribution in [0.4, 0.5) is 11.4 Å². The normalized spacial score (nSPS) is 11.7. The summed E-state index contributed by atoms with van der Waals surface area (Å²) >= 11 is 0. The summed E-state index contributed by atoms with van der Waals surface area (Å²) in [5.41, 5.74) is 7.61. The molecule has 0 amide bonds. The van der Waals surface area contributed by atoms with Gasteiger partial charge in [0.2, 0.25) is 0 Å². The smallest absolute Gasteiger partial charge is 0.345 e. The Morgan fingerprint density at radius 1 is 0.951 bits per heavy atom. The van der Waals surface area contributed by atoms with Crippen molar-refractivity contribution < 1.29 is 19.2 Å². The van der Waals surface area contributed by atoms with Crippen LogP contribution in [0.25, 0.3) is 11.4 Å². The molecule has 3 aromatic rings. The molecule has 0 saturated heterocycles. The lowest BCUT2D eigenvalue weighted by Crippen LogP contribution is -2.15. The number of nitrogens with zero attached hydrogens (tertiary/aromatic N) is 3. The number of hydrogen-bond acceptors (Lipinski definition) is 8. The molecule has 41 heavy (non-hydrogen) atoms. The van der Waals surface area contributed by atoms with Gasteiger partial charge in [0.25, 0.3) is 0 Å². The number of nitrogens with two attached hydrogens (primary N) is 1. The summed E-state index contributed by atoms with van der Waals surface area (Å²) in [4.78, 5) is 33.0. The van der Waals surface area contributed by atoms with Crippen LogP contribution in [0.3, 0.4) is 0 Å². The van der Waals surface area contributed by atoms with Gasteiger partial charge in [-0.2, -0.15) is 0 Å². The van der Waals surface area contributed by atoms with Crippen molar-refractivity contribution in [2.45, 2.75) is 97.5 Å². The second kappa shape index (κ2) is 16.3. The number of rotatable bonds is 17. The Balaban J connectivity index is 1.62. The molecule has 0 saturated carbocycles. The van der Waals surface area contributed by atoms with Crippen LogP contribution in [0.2, 0.25) is 0 Å². The number of hydrogen-bond donors (Lipinski definition) is 1. The Kier molecular flexibility index (Phi) is 12.5. The van der Waals surface area contributed by atoms with E-state index in [9.17, 15) is 14.9 Å². The first-order valence-corrected chi connectivity index (χ1v) is 14.7. The zero-order valence-electron chi connectivity index (χ0n) is 24.4. The topological polar surface area (TPSA) is 130 Å². The third-order valence-electron chi connectivity index (χ3n) is 6.94. The van der Waals surface area contributed by atoms with Crippen LogP contribution in [-0.4, -0.2) is 27.0 Å². The largest absolute Gasteiger partial charge is 0.484 e. The average Bonchev–Trinajstić information content (AvgIpc) is 2.96. The van der Waals surface area contributed by atoms with Gasteiger partial charge in [0.1, 0.15) is 5.75 Å². The van der Waals surface area contributed by atoms with Crippen molar-refractivity contribution in [2.75, 3.05) is 5.73 Å². The van der Waals surface area contributed by atoms with Crippen molar-refractivity contribution in [3.8, 4) is 22.9 Å². The SMILES string of the molecule is CCCCCCCc1cnc(-c2ccc(OC(=O)c3cc([N+](=O)[O-])c(O[C@H](C)CCCCCC)cc3N)cc2)nc1. The highest BCUT2D eigenvalue weighted by Gasteiger charge is 2.24. The first kappa shape index (κ1) is 31.5. The molecule has 0 spiro atoms. The van der Waals surface area contributed by atoms with Gasteiger partial charge in [-0.15, -0.1) is 0 Å². The summed E-state index contributed by atoms with van der Waals surface area (Å²) in [7, 11) is 0. The van der Waals surface area contributed by atoms with E-state index in [-0.39, 0.29) is 34.5 Å². The Morgan fingerprint density at radius 3 is 2.22 bits per heavy atom. The van der Waals surface area contributed by atoms with Gasteiger partial charge >= 0.3 is 11.7 Å². The van der Waals surface area contributed by atoms with E-state index in [1.54, 1.807) is 24.3 Å². The van der Waals surface area contributed by atoms with Crippen molar-refractivity contribution in [3.05, 3.63) is 70.0 Å². The van der Waals surface area contributed by atoms with E-state index in [1.807, 2.05) is 19.3 Å². The molecule has 9 heteroatoms. The van der Waals surface area contributed by atoms with Gasteiger partial charge < -0.3 is 15.2 Å². The number of carbonyl (C=O) groups excluding carboxylic acids is 1. The van der Waals surface area contributed by atoms with E-state index in [0.717, 1.165) is 62.1 Å². The molecule has 9 nitrogen and oxygen atoms in total. The molecule has 1 aromatic heterocycles. The highest BCUT2D eigenvalue weighted by molar-refractivity contribution is 5.97. The van der Waals surface area contributed by atoms with Crippen molar-refractivity contribution >= 4 is 17.3 Å². The van der Waals surface area contributed by atoms with Crippen LogP contribution in [0.15, 0.2) is 48.8 Å². The predicted octanol–water partition coefficient (Wildman–Crippen LogP) is 8.10. The lowest BCUT2D eigenvalue weighted by atomic mass is 10.1. The molecular formula is C32H42N4O5. The van der Waals surface area contributed by atoms with E-state index in [4.69, 9.17) is 15.2 Å². The van der Waals surface area contributed by atoms with Crippen molar-refractivity contribution in [1.82, 2.24) is 9.97 Å². The minimum Gasteiger partial charge on any atom is -0.484 e. The standard InChI is InChI=1S/C32H42N4O5/c1-4-6-8-10-12-14-24-21-34-31(35-22-24)25-15-17-26(18-16-25)41-32(37)27-19-29(36(38)39)30(20-28(27)33)40-23(3)13-11-9-7-5-2/h15-23H,4-14,33H2,1-3H3/t23-/m1/s1. The van der Waals surface area contributed by atoms with Gasteiger partial charge in [-0.1, -0.05) is 58.8 Å². The minimum absolute atomic E-state index is 0.0407. The minimum atomic E-state index is -0.794. The lowest BCUT2D eigenvalue weighted by Gasteiger charge is -2.16. The third kappa shape index (κ3) is 9.84. The van der Waals surface area contributed by atoms with Crippen LogP contribution in [0.5, 0.6) is 11.5 Å². The summed E-state index contributed by atoms with van der Waals surface area (Å²) in [5, 5.41) is 11.8. The highest BCUT2D eigenvalue weighted by Crippen LogP contribution is 2.34. The maximum absolute atomic E-state index is 12.9. The lowest BCUT2D eigenvalue weighted by molar-refractivity contribution is -0.386. The maximum Gasteiger partial charge on any atom is 0.345 e. The van der Waals surface area contributed by atoms with Crippen LogP contribution in [-0.2, 0) is 6.42 Å². The van der Waals surface area contributed by atoms with Crippen molar-refractivity contribution in [1.29, 1.82) is 0 Å². The van der Waals surface area contributed by atoms with Crippen LogP contribution in [0.1, 0.15) is 101 Å². The molecule has 1 atom stereocenters. The number of aromatic nitrogens is 2. The van der Waals surface area contributed by atoms with Gasteiger partial charge in [0.05, 0.1) is 22.3 Å². The van der Waals surface area contributed by atoms with E-state index < -0.39 is 10.9 Å². The molecule has 0 fully saturated rings. The second-order valence-corrected chi connectivity index (χ2v) is 10.4. The first-order valence-electron chi connectivity index (χ1n) is 14.7. The molecule has 2 N–H and O–H groups in total. The molecule has 0 radical (unpaired) electrons. The summed E-state index contributed by atoms with van der Waals surface area (Å²) in [6.07, 6.45) is 15.6. The Labute approximate surface area is 242 Å². The molecule has 2 aromatic carbocycles. The van der Waals surface area contributed by atoms with Crippen molar-refractivity contribution in [3.63, 3.8) is 0 Å². The summed E-state index contributed by atoms with van der Waals surface area (Å²) in [6, 6.07) is 9.21. The molecule has 0 aliphatic carbocycles. The monoisotopic (exact) mass is 562 g/mol. The summed E-state index contributed by atoms with van der Waals surface area (Å²) in [6.45, 7) is 6.21. The number of unbranched alkanes of at least 4 members (excludes halogenated alkanes) is 7. The van der Waals surface area contributed by atoms with Crippen LogP contribution in [0, 0.1) is 10.1 Å². The number of esters is 1. The highest BCUT2D eigenvalue weighted by atomic mass is 16.6. The molecule has 0 aliphatic rings. The third-order valence-corrected chi connectivity index (χ3v) is 6.94. The molecule has 0 unspecified atom stereocenters. The molecule has 1 heterocycles. The fourth-order valence-corrected chi connectivity index (χ4v) is 4.53. The molecule has 3 rings (SSSR count). The zero-order valence-corrected chi connectivity index (χ0v) is 24.4. The van der Waals surface area contributed by atoms with E-state index in [2.05, 4.69) is 23.8 Å². The first-order chi connectivity index (χ1) is 19.8. The van der Waals surface area contributed by atoms with Gasteiger partial charge in [-0.25, -0.2) is 14.8 Å². The molecule has 0 bridgehead atoms. The van der Waals surface area contributed by atoms with Crippen LogP contribution >= 0.6 is 0 Å². The molecule has 0 aliphatic heterocycles. The van der Waals surface area contributed by atoms with E-state index >= 15 is 0 Å². The second-order valence-electron chi connectivity index (χ2n) is 10.4. The quantitative estimate of drug-likeness (QED) is 0.0436. The van der Waals surface area contributed by atoms with Gasteiger partial charge in [0.15, 0.2) is 11.6 Å². The fraction of sp³-hybridized carbons (Fsp3) is 0.469. The Hall–Kier alpha value is -4.01. The zero-order chi connectivity index (χ0) is 29.6. The van der Waals surface area contributed by atoms with Gasteiger partial charge in [-0.05, 0) is 62.4 Å². The Morgan fingerprint density at radius 2 is 1.59 bits per heavy atom. The fourth-order valence-electron chi connectivity index (χ4n) is 4.53. The Bertz CT molecular complexity index is 1260. The predicted molar refractivity (Wildman–Crippen MR) is 161 cm³/mol. The van der Waals surface area contributed by atoms with Crippen LogP contribution < -0.4 is 15.2 Å². The molecule has 220 valence electrons. The van der Waals surface area contributed by atoms with Gasteiger partial charge in [-0.3, -0.25) is 10.1 Å². The number of nitro groups is 1. The maximum atomic E-state index is 12.9. The van der Waals surface area contributed by atoms with E-state index in [0.29, 0.717) is 5.82 Å². The number of carbonyl (C=O) groups is 1. The molecular weight excluding hydrogens is 520 g/mol. The number of benzene rings is 2. The van der Waals surface area contributed by atoms with Crippen molar-refractivity contribution in [2.24, 2.45) is 0 Å². The number of nitro benzene ring substituents is 1. The summed E-state index contributed by atoms with van der Waals surface area (Å²) < 4.78 is 11.3. The average molecular weight is 563 g/mol. The summed E-state index contributed by atoms with van der Waals surface area (Å²) in [5.74, 6) is 0.0918. The van der Waals surface area contributed by atoms with Gasteiger partial charge in [0, 0.05) is 30.1 Å².